The van der Waals surface area contributed by atoms with E-state index in [4.69, 9.17) is 4.52 Å². The highest BCUT2D eigenvalue weighted by molar-refractivity contribution is 5.97. The van der Waals surface area contributed by atoms with Crippen molar-refractivity contribution in [2.24, 2.45) is 0 Å². The van der Waals surface area contributed by atoms with E-state index in [9.17, 15) is 4.79 Å². The number of rotatable bonds is 2. The number of nitrogens with zero attached hydrogens (tertiary/aromatic N) is 3. The van der Waals surface area contributed by atoms with Crippen LogP contribution in [0.5, 0.6) is 0 Å². The smallest absolute Gasteiger partial charge is 0.257 e. The van der Waals surface area contributed by atoms with Crippen molar-refractivity contribution >= 4 is 17.0 Å². The number of likely N-dealkylation sites (tertiary alicyclic amines) is 1. The number of amides is 1. The van der Waals surface area contributed by atoms with Gasteiger partial charge in [0.05, 0.1) is 16.6 Å². The Bertz CT molecular complexity index is 663. The molecule has 112 valence electrons. The van der Waals surface area contributed by atoms with E-state index < -0.39 is 0 Å². The van der Waals surface area contributed by atoms with Gasteiger partial charge in [-0.1, -0.05) is 19.0 Å². The minimum Gasteiger partial charge on any atom is -0.336 e. The second-order valence-electron chi connectivity index (χ2n) is 6.14. The van der Waals surface area contributed by atoms with Crippen LogP contribution in [0.3, 0.4) is 0 Å². The van der Waals surface area contributed by atoms with Gasteiger partial charge in [0.15, 0.2) is 0 Å². The number of hydrogen-bond acceptors (Lipinski definition) is 4. The number of aromatic nitrogens is 2. The van der Waals surface area contributed by atoms with Gasteiger partial charge >= 0.3 is 0 Å². The van der Waals surface area contributed by atoms with Crippen molar-refractivity contribution in [1.29, 1.82) is 0 Å². The Morgan fingerprint density at radius 3 is 2.95 bits per heavy atom. The van der Waals surface area contributed by atoms with Crippen LogP contribution in [0, 0.1) is 0 Å². The molecule has 1 aliphatic heterocycles. The molecule has 2 aromatic rings. The van der Waals surface area contributed by atoms with E-state index in [0.29, 0.717) is 17.3 Å². The normalized spacial score (nSPS) is 19.4. The number of carbonyl (C=O) groups is 1. The molecule has 0 unspecified atom stereocenters. The zero-order valence-electron chi connectivity index (χ0n) is 12.8. The maximum Gasteiger partial charge on any atom is 0.257 e. The van der Waals surface area contributed by atoms with Crippen LogP contribution in [-0.4, -0.2) is 33.5 Å². The Kier molecular flexibility index (Phi) is 3.66. The minimum atomic E-state index is 0.0625. The van der Waals surface area contributed by atoms with Gasteiger partial charge in [0, 0.05) is 18.8 Å². The van der Waals surface area contributed by atoms with Gasteiger partial charge in [-0.2, -0.15) is 0 Å². The molecule has 0 saturated carbocycles. The summed E-state index contributed by atoms with van der Waals surface area (Å²) in [6.45, 7) is 7.05. The summed E-state index contributed by atoms with van der Waals surface area (Å²) in [7, 11) is 0. The van der Waals surface area contributed by atoms with Crippen molar-refractivity contribution in [3.63, 3.8) is 0 Å². The van der Waals surface area contributed by atoms with E-state index in [-0.39, 0.29) is 11.8 Å². The summed E-state index contributed by atoms with van der Waals surface area (Å²) in [5.74, 6) is 0.305. The van der Waals surface area contributed by atoms with Gasteiger partial charge in [0.2, 0.25) is 0 Å². The molecule has 1 atom stereocenters. The highest BCUT2D eigenvalue weighted by Crippen LogP contribution is 2.25. The molecule has 0 N–H and O–H groups in total. The number of carbonyl (C=O) groups excluding carboxylic acids is 1. The van der Waals surface area contributed by atoms with Crippen molar-refractivity contribution < 1.29 is 9.32 Å². The van der Waals surface area contributed by atoms with Crippen LogP contribution in [0.2, 0.25) is 0 Å². The highest BCUT2D eigenvalue weighted by atomic mass is 16.5. The van der Waals surface area contributed by atoms with Crippen LogP contribution >= 0.6 is 0 Å². The summed E-state index contributed by atoms with van der Waals surface area (Å²) in [5.41, 5.74) is 1.99. The van der Waals surface area contributed by atoms with Gasteiger partial charge in [0.25, 0.3) is 11.6 Å². The molecule has 5 heteroatoms. The fourth-order valence-corrected chi connectivity index (χ4v) is 2.95. The zero-order valence-corrected chi connectivity index (χ0v) is 12.8. The van der Waals surface area contributed by atoms with E-state index in [2.05, 4.69) is 30.9 Å². The molecule has 5 nitrogen and oxygen atoms in total. The Morgan fingerprint density at radius 1 is 1.43 bits per heavy atom. The third kappa shape index (κ3) is 2.52. The van der Waals surface area contributed by atoms with E-state index >= 15 is 0 Å². The first-order valence-corrected chi connectivity index (χ1v) is 7.64. The molecule has 0 bridgehead atoms. The van der Waals surface area contributed by atoms with Crippen LogP contribution in [-0.2, 0) is 0 Å². The average Bonchev–Trinajstić information content (AvgIpc) is 2.90. The molecule has 2 aromatic heterocycles. The second-order valence-corrected chi connectivity index (χ2v) is 6.14. The molecule has 1 aliphatic rings. The summed E-state index contributed by atoms with van der Waals surface area (Å²) in [5, 5.41) is 4.91. The maximum absolute atomic E-state index is 12.7. The SMILES string of the molecule is CC(C)c1noc2ncc(C(=O)N3CCCC[C@H]3C)cc12. The fraction of sp³-hybridized carbons (Fsp3) is 0.562. The molecule has 3 rings (SSSR count). The summed E-state index contributed by atoms with van der Waals surface area (Å²) < 4.78 is 5.23. The lowest BCUT2D eigenvalue weighted by molar-refractivity contribution is 0.0635. The van der Waals surface area contributed by atoms with Crippen LogP contribution in [0.1, 0.15) is 62.0 Å². The van der Waals surface area contributed by atoms with Crippen LogP contribution < -0.4 is 0 Å². The third-order valence-corrected chi connectivity index (χ3v) is 4.22. The molecule has 1 amide bonds. The van der Waals surface area contributed by atoms with E-state index in [0.717, 1.165) is 30.5 Å². The van der Waals surface area contributed by atoms with E-state index in [1.807, 2.05) is 11.0 Å². The van der Waals surface area contributed by atoms with Crippen LogP contribution in [0.15, 0.2) is 16.8 Å². The van der Waals surface area contributed by atoms with Gasteiger partial charge in [-0.15, -0.1) is 0 Å². The first-order chi connectivity index (χ1) is 10.1. The van der Waals surface area contributed by atoms with Crippen LogP contribution in [0.25, 0.3) is 11.1 Å². The molecule has 21 heavy (non-hydrogen) atoms. The van der Waals surface area contributed by atoms with Gasteiger partial charge in [-0.05, 0) is 38.2 Å². The minimum absolute atomic E-state index is 0.0625. The fourth-order valence-electron chi connectivity index (χ4n) is 2.95. The van der Waals surface area contributed by atoms with Gasteiger partial charge in [0.1, 0.15) is 0 Å². The van der Waals surface area contributed by atoms with E-state index in [1.54, 1.807) is 6.20 Å². The summed E-state index contributed by atoms with van der Waals surface area (Å²) in [6.07, 6.45) is 4.95. The third-order valence-electron chi connectivity index (χ3n) is 4.22. The quantitative estimate of drug-likeness (QED) is 0.849. The number of hydrogen-bond donors (Lipinski definition) is 0. The molecule has 0 radical (unpaired) electrons. The van der Waals surface area contributed by atoms with Crippen molar-refractivity contribution in [3.05, 3.63) is 23.5 Å². The molecule has 1 saturated heterocycles. The maximum atomic E-state index is 12.7. The van der Waals surface area contributed by atoms with Crippen molar-refractivity contribution in [2.45, 2.75) is 52.0 Å². The lowest BCUT2D eigenvalue weighted by atomic mass is 10.0. The first-order valence-electron chi connectivity index (χ1n) is 7.64. The molecule has 3 heterocycles. The monoisotopic (exact) mass is 287 g/mol. The Hall–Kier alpha value is -1.91. The zero-order chi connectivity index (χ0) is 15.0. The van der Waals surface area contributed by atoms with Crippen molar-refractivity contribution in [2.75, 3.05) is 6.54 Å². The Balaban J connectivity index is 1.96. The average molecular weight is 287 g/mol. The van der Waals surface area contributed by atoms with Gasteiger partial charge in [-0.3, -0.25) is 4.79 Å². The van der Waals surface area contributed by atoms with Gasteiger partial charge in [-0.25, -0.2) is 4.98 Å². The summed E-state index contributed by atoms with van der Waals surface area (Å²) in [4.78, 5) is 18.9. The molecular weight excluding hydrogens is 266 g/mol. The number of piperidine rings is 1. The summed E-state index contributed by atoms with van der Waals surface area (Å²) in [6, 6.07) is 2.17. The predicted molar refractivity (Wildman–Crippen MR) is 80.2 cm³/mol. The first kappa shape index (κ1) is 14.0. The largest absolute Gasteiger partial charge is 0.336 e. The molecule has 0 aromatic carbocycles. The van der Waals surface area contributed by atoms with Crippen molar-refractivity contribution in [3.8, 4) is 0 Å². The predicted octanol–water partition coefficient (Wildman–Crippen LogP) is 3.36. The number of pyridine rings is 1. The Morgan fingerprint density at radius 2 is 2.24 bits per heavy atom. The lowest BCUT2D eigenvalue weighted by Gasteiger charge is -2.33. The van der Waals surface area contributed by atoms with Crippen LogP contribution in [0.4, 0.5) is 0 Å². The molecular formula is C16H21N3O2. The molecule has 0 spiro atoms. The molecule has 1 fully saturated rings. The topological polar surface area (TPSA) is 59.2 Å². The Labute approximate surface area is 124 Å². The number of fused-ring (bicyclic) bond motifs is 1. The summed E-state index contributed by atoms with van der Waals surface area (Å²) >= 11 is 0. The van der Waals surface area contributed by atoms with Gasteiger partial charge < -0.3 is 9.42 Å². The lowest BCUT2D eigenvalue weighted by Crippen LogP contribution is -2.42. The standard InChI is InChI=1S/C16H21N3O2/c1-10(2)14-13-8-12(9-17-15(13)21-18-14)16(20)19-7-5-4-6-11(19)3/h8-11H,4-7H2,1-3H3/t11-/m1/s1. The second kappa shape index (κ2) is 5.47. The van der Waals surface area contributed by atoms with E-state index in [1.165, 1.54) is 6.42 Å². The molecule has 0 aliphatic carbocycles. The highest BCUT2D eigenvalue weighted by Gasteiger charge is 2.25. The van der Waals surface area contributed by atoms with Crippen molar-refractivity contribution in [1.82, 2.24) is 15.0 Å².